The first kappa shape index (κ1) is 21.7. The predicted molar refractivity (Wildman–Crippen MR) is 147 cm³/mol. The SMILES string of the molecule is O=c1ccc2cccc(-n3cc(-c4cccc5cc(Cc6cc(Br)cc7ncccc67)[nH]c45)nn3)c2o1. The van der Waals surface area contributed by atoms with Crippen molar-refractivity contribution in [2.75, 3.05) is 0 Å². The number of pyridine rings is 1. The number of aromatic nitrogens is 5. The molecule has 37 heavy (non-hydrogen) atoms. The second kappa shape index (κ2) is 8.53. The van der Waals surface area contributed by atoms with E-state index in [0.717, 1.165) is 49.3 Å². The second-order valence-corrected chi connectivity index (χ2v) is 9.79. The van der Waals surface area contributed by atoms with Crippen molar-refractivity contribution in [2.24, 2.45) is 0 Å². The average molecular weight is 548 g/mol. The van der Waals surface area contributed by atoms with Crippen LogP contribution in [-0.2, 0) is 6.42 Å². The molecular weight excluding hydrogens is 530 g/mol. The maximum Gasteiger partial charge on any atom is 0.336 e. The third kappa shape index (κ3) is 3.82. The van der Waals surface area contributed by atoms with Gasteiger partial charge in [0, 0.05) is 50.6 Å². The molecule has 7 aromatic rings. The summed E-state index contributed by atoms with van der Waals surface area (Å²) >= 11 is 3.62. The van der Waals surface area contributed by atoms with Gasteiger partial charge in [0.1, 0.15) is 11.4 Å². The van der Waals surface area contributed by atoms with E-state index in [2.05, 4.69) is 60.5 Å². The standard InChI is InChI=1S/C29H18BrN5O2/c30-20-12-19(22-7-3-11-31-24(22)15-20)14-21-13-18-5-1-6-23(28(18)32-21)25-16-35(34-33-25)26-8-2-4-17-9-10-27(36)37-29(17)26/h1-13,15-16,32H,14H2. The van der Waals surface area contributed by atoms with Crippen LogP contribution in [-0.4, -0.2) is 25.0 Å². The molecule has 7 nitrogen and oxygen atoms in total. The summed E-state index contributed by atoms with van der Waals surface area (Å²) in [7, 11) is 0. The molecular formula is C29H18BrN5O2. The van der Waals surface area contributed by atoms with E-state index >= 15 is 0 Å². The van der Waals surface area contributed by atoms with Gasteiger partial charge in [-0.3, -0.25) is 4.98 Å². The molecule has 0 saturated heterocycles. The minimum absolute atomic E-state index is 0.405. The zero-order chi connectivity index (χ0) is 24.9. The largest absolute Gasteiger partial charge is 0.420 e. The number of hydrogen-bond acceptors (Lipinski definition) is 5. The quantitative estimate of drug-likeness (QED) is 0.256. The van der Waals surface area contributed by atoms with E-state index < -0.39 is 5.63 Å². The number of rotatable bonds is 4. The maximum absolute atomic E-state index is 11.8. The molecule has 3 aromatic carbocycles. The van der Waals surface area contributed by atoms with E-state index in [0.29, 0.717) is 17.0 Å². The van der Waals surface area contributed by atoms with Crippen LogP contribution in [0.2, 0.25) is 0 Å². The number of hydrogen-bond donors (Lipinski definition) is 1. The number of para-hydroxylation sites is 2. The Bertz CT molecular complexity index is 2020. The third-order valence-electron chi connectivity index (χ3n) is 6.51. The summed E-state index contributed by atoms with van der Waals surface area (Å²) in [4.78, 5) is 20.0. The van der Waals surface area contributed by atoms with Gasteiger partial charge < -0.3 is 9.40 Å². The first-order chi connectivity index (χ1) is 18.1. The van der Waals surface area contributed by atoms with Crippen molar-refractivity contribution in [3.8, 4) is 16.9 Å². The summed E-state index contributed by atoms with van der Waals surface area (Å²) in [5.41, 5.74) is 6.62. The lowest BCUT2D eigenvalue weighted by Gasteiger charge is -2.06. The minimum atomic E-state index is -0.405. The molecule has 0 saturated carbocycles. The fourth-order valence-electron chi connectivity index (χ4n) is 4.86. The van der Waals surface area contributed by atoms with Crippen LogP contribution < -0.4 is 5.63 Å². The minimum Gasteiger partial charge on any atom is -0.420 e. The summed E-state index contributed by atoms with van der Waals surface area (Å²) in [6.45, 7) is 0. The van der Waals surface area contributed by atoms with E-state index in [9.17, 15) is 4.79 Å². The number of nitrogens with one attached hydrogen (secondary N) is 1. The van der Waals surface area contributed by atoms with Gasteiger partial charge in [-0.05, 0) is 42.0 Å². The molecule has 0 radical (unpaired) electrons. The van der Waals surface area contributed by atoms with Gasteiger partial charge in [-0.1, -0.05) is 57.5 Å². The van der Waals surface area contributed by atoms with Crippen LogP contribution in [0.3, 0.4) is 0 Å². The number of fused-ring (bicyclic) bond motifs is 3. The van der Waals surface area contributed by atoms with Gasteiger partial charge in [-0.15, -0.1) is 5.10 Å². The summed E-state index contributed by atoms with van der Waals surface area (Å²) in [5.74, 6) is 0. The molecule has 0 spiro atoms. The molecule has 0 bridgehead atoms. The molecule has 178 valence electrons. The number of nitrogens with zero attached hydrogens (tertiary/aromatic N) is 4. The van der Waals surface area contributed by atoms with Crippen LogP contribution in [0.1, 0.15) is 11.3 Å². The topological polar surface area (TPSA) is 89.6 Å². The van der Waals surface area contributed by atoms with Gasteiger partial charge in [-0.2, -0.15) is 0 Å². The Labute approximate surface area is 218 Å². The number of H-pyrrole nitrogens is 1. The lowest BCUT2D eigenvalue weighted by molar-refractivity contribution is 0.557. The molecule has 0 atom stereocenters. The van der Waals surface area contributed by atoms with Crippen LogP contribution in [0.25, 0.3) is 49.7 Å². The summed E-state index contributed by atoms with van der Waals surface area (Å²) < 4.78 is 8.12. The smallest absolute Gasteiger partial charge is 0.336 e. The number of aromatic amines is 1. The average Bonchev–Trinajstić information content (AvgIpc) is 3.55. The molecule has 4 heterocycles. The first-order valence-corrected chi connectivity index (χ1v) is 12.5. The van der Waals surface area contributed by atoms with E-state index in [-0.39, 0.29) is 0 Å². The monoisotopic (exact) mass is 547 g/mol. The van der Waals surface area contributed by atoms with Gasteiger partial charge in [0.2, 0.25) is 0 Å². The second-order valence-electron chi connectivity index (χ2n) is 8.87. The molecule has 1 N–H and O–H groups in total. The molecule has 8 heteroatoms. The van der Waals surface area contributed by atoms with Gasteiger partial charge in [0.15, 0.2) is 5.58 Å². The van der Waals surface area contributed by atoms with Crippen molar-refractivity contribution < 1.29 is 4.42 Å². The first-order valence-electron chi connectivity index (χ1n) is 11.7. The van der Waals surface area contributed by atoms with Crippen molar-refractivity contribution in [3.63, 3.8) is 0 Å². The lowest BCUT2D eigenvalue weighted by Crippen LogP contribution is -2.00. The van der Waals surface area contributed by atoms with E-state index in [1.54, 1.807) is 10.7 Å². The summed E-state index contributed by atoms with van der Waals surface area (Å²) in [5, 5.41) is 11.8. The highest BCUT2D eigenvalue weighted by atomic mass is 79.9. The third-order valence-corrected chi connectivity index (χ3v) is 6.96. The summed E-state index contributed by atoms with van der Waals surface area (Å²) in [6, 6.07) is 25.4. The lowest BCUT2D eigenvalue weighted by atomic mass is 10.0. The van der Waals surface area contributed by atoms with Gasteiger partial charge >= 0.3 is 5.63 Å². The Balaban J connectivity index is 1.29. The Hall–Kier alpha value is -4.56. The van der Waals surface area contributed by atoms with Crippen molar-refractivity contribution in [3.05, 3.63) is 117 Å². The van der Waals surface area contributed by atoms with Crippen LogP contribution in [0.5, 0.6) is 0 Å². The number of halogens is 1. The Morgan fingerprint density at radius 3 is 2.78 bits per heavy atom. The zero-order valence-corrected chi connectivity index (χ0v) is 20.9. The zero-order valence-electron chi connectivity index (χ0n) is 19.4. The van der Waals surface area contributed by atoms with Gasteiger partial charge in [-0.25, -0.2) is 9.48 Å². The van der Waals surface area contributed by atoms with Crippen LogP contribution in [0.15, 0.2) is 105 Å². The van der Waals surface area contributed by atoms with E-state index in [1.165, 1.54) is 11.6 Å². The maximum atomic E-state index is 11.8. The highest BCUT2D eigenvalue weighted by molar-refractivity contribution is 9.10. The normalized spacial score (nSPS) is 11.6. The molecule has 0 aliphatic heterocycles. The molecule has 0 aliphatic carbocycles. The number of benzene rings is 3. The summed E-state index contributed by atoms with van der Waals surface area (Å²) in [6.07, 6.45) is 4.40. The van der Waals surface area contributed by atoms with Crippen LogP contribution >= 0.6 is 15.9 Å². The molecule has 0 fully saturated rings. The fraction of sp³-hybridized carbons (Fsp3) is 0.0345. The van der Waals surface area contributed by atoms with E-state index in [1.807, 2.05) is 54.9 Å². The van der Waals surface area contributed by atoms with Crippen molar-refractivity contribution >= 4 is 48.7 Å². The fourth-order valence-corrected chi connectivity index (χ4v) is 5.35. The Kier molecular flexibility index (Phi) is 5.00. The highest BCUT2D eigenvalue weighted by Gasteiger charge is 2.14. The predicted octanol–water partition coefficient (Wildman–Crippen LogP) is 6.42. The van der Waals surface area contributed by atoms with Crippen molar-refractivity contribution in [2.45, 2.75) is 6.42 Å². The van der Waals surface area contributed by atoms with Gasteiger partial charge in [0.25, 0.3) is 0 Å². The van der Waals surface area contributed by atoms with Crippen LogP contribution in [0, 0.1) is 0 Å². The molecule has 4 aromatic heterocycles. The van der Waals surface area contributed by atoms with E-state index in [4.69, 9.17) is 4.42 Å². The van der Waals surface area contributed by atoms with Gasteiger partial charge in [0.05, 0.1) is 17.2 Å². The van der Waals surface area contributed by atoms with Crippen molar-refractivity contribution in [1.82, 2.24) is 25.0 Å². The molecule has 0 aliphatic rings. The van der Waals surface area contributed by atoms with Crippen LogP contribution in [0.4, 0.5) is 0 Å². The Morgan fingerprint density at radius 1 is 0.946 bits per heavy atom. The Morgan fingerprint density at radius 2 is 1.84 bits per heavy atom. The highest BCUT2D eigenvalue weighted by Crippen LogP contribution is 2.31. The molecule has 0 amide bonds. The molecule has 0 unspecified atom stereocenters. The van der Waals surface area contributed by atoms with Crippen molar-refractivity contribution in [1.29, 1.82) is 0 Å². The molecule has 7 rings (SSSR count).